The number of anilines is 1. The summed E-state index contributed by atoms with van der Waals surface area (Å²) in [5.41, 5.74) is 5.71. The van der Waals surface area contributed by atoms with E-state index >= 15 is 0 Å². The van der Waals surface area contributed by atoms with Crippen LogP contribution in [0.2, 0.25) is 0 Å². The molecule has 0 fully saturated rings. The van der Waals surface area contributed by atoms with E-state index in [0.717, 1.165) is 46.5 Å². The van der Waals surface area contributed by atoms with Gasteiger partial charge in [0, 0.05) is 35.4 Å². The van der Waals surface area contributed by atoms with Crippen LogP contribution in [-0.2, 0) is 11.4 Å². The summed E-state index contributed by atoms with van der Waals surface area (Å²) >= 11 is 0. The van der Waals surface area contributed by atoms with E-state index in [2.05, 4.69) is 5.32 Å². The third-order valence-corrected chi connectivity index (χ3v) is 6.66. The molecule has 0 aromatic heterocycles. The number of methoxy groups -OCH3 is 3. The Kier molecular flexibility index (Phi) is 6.36. The first-order valence-corrected chi connectivity index (χ1v) is 11.8. The molecule has 3 aromatic carbocycles. The Morgan fingerprint density at radius 2 is 1.57 bits per heavy atom. The normalized spacial score (nSPS) is 16.7. The van der Waals surface area contributed by atoms with Crippen LogP contribution in [0.25, 0.3) is 0 Å². The molecule has 1 aliphatic carbocycles. The lowest BCUT2D eigenvalue weighted by Crippen LogP contribution is -2.27. The molecule has 1 aliphatic heterocycles. The van der Waals surface area contributed by atoms with Crippen molar-refractivity contribution in [3.63, 3.8) is 0 Å². The van der Waals surface area contributed by atoms with E-state index in [1.165, 1.54) is 0 Å². The SMILES string of the molecule is COc1cc2c(cc1OC)C(c1ccc(OC)c(OCc3ccccc3)c1)C1=C(CCCC1=O)N2. The monoisotopic (exact) mass is 471 g/mol. The summed E-state index contributed by atoms with van der Waals surface area (Å²) in [6, 6.07) is 19.8. The van der Waals surface area contributed by atoms with Gasteiger partial charge in [0.1, 0.15) is 6.61 Å². The summed E-state index contributed by atoms with van der Waals surface area (Å²) in [6.07, 6.45) is 2.22. The molecule has 0 radical (unpaired) electrons. The highest BCUT2D eigenvalue weighted by atomic mass is 16.5. The zero-order valence-corrected chi connectivity index (χ0v) is 20.2. The Hall–Kier alpha value is -3.93. The lowest BCUT2D eigenvalue weighted by molar-refractivity contribution is -0.116. The Morgan fingerprint density at radius 1 is 0.829 bits per heavy atom. The number of fused-ring (bicyclic) bond motifs is 1. The highest BCUT2D eigenvalue weighted by Gasteiger charge is 2.36. The minimum Gasteiger partial charge on any atom is -0.493 e. The number of carbonyl (C=O) groups excluding carboxylic acids is 1. The summed E-state index contributed by atoms with van der Waals surface area (Å²) in [5.74, 6) is 2.48. The number of ketones is 1. The first-order valence-electron chi connectivity index (χ1n) is 11.8. The quantitative estimate of drug-likeness (QED) is 0.466. The van der Waals surface area contributed by atoms with Crippen molar-refractivity contribution in [3.8, 4) is 23.0 Å². The van der Waals surface area contributed by atoms with Crippen LogP contribution in [-0.4, -0.2) is 27.1 Å². The van der Waals surface area contributed by atoms with Crippen molar-refractivity contribution in [2.75, 3.05) is 26.6 Å². The van der Waals surface area contributed by atoms with Gasteiger partial charge in [0.15, 0.2) is 28.8 Å². The molecule has 6 heteroatoms. The van der Waals surface area contributed by atoms with Gasteiger partial charge in [0.05, 0.1) is 21.3 Å². The Morgan fingerprint density at radius 3 is 2.31 bits per heavy atom. The maximum atomic E-state index is 13.2. The van der Waals surface area contributed by atoms with Crippen LogP contribution in [0.4, 0.5) is 5.69 Å². The summed E-state index contributed by atoms with van der Waals surface area (Å²) < 4.78 is 22.9. The van der Waals surface area contributed by atoms with Crippen molar-refractivity contribution in [2.45, 2.75) is 31.8 Å². The first-order chi connectivity index (χ1) is 17.1. The van der Waals surface area contributed by atoms with Crippen LogP contribution in [0.1, 0.15) is 41.9 Å². The minimum absolute atomic E-state index is 0.173. The Balaban J connectivity index is 1.61. The molecule has 1 heterocycles. The average molecular weight is 472 g/mol. The van der Waals surface area contributed by atoms with Gasteiger partial charge in [-0.25, -0.2) is 0 Å². The maximum Gasteiger partial charge on any atom is 0.162 e. The van der Waals surface area contributed by atoms with E-state index in [-0.39, 0.29) is 11.7 Å². The minimum atomic E-state index is -0.251. The van der Waals surface area contributed by atoms with Gasteiger partial charge < -0.3 is 24.3 Å². The summed E-state index contributed by atoms with van der Waals surface area (Å²) in [4.78, 5) is 13.2. The molecule has 35 heavy (non-hydrogen) atoms. The van der Waals surface area contributed by atoms with E-state index in [1.807, 2.05) is 60.7 Å². The molecule has 0 spiro atoms. The Labute approximate surface area is 205 Å². The predicted molar refractivity (Wildman–Crippen MR) is 135 cm³/mol. The van der Waals surface area contributed by atoms with Crippen molar-refractivity contribution in [1.29, 1.82) is 0 Å². The number of carbonyl (C=O) groups is 1. The highest BCUT2D eigenvalue weighted by Crippen LogP contribution is 2.49. The molecule has 5 rings (SSSR count). The van der Waals surface area contributed by atoms with Crippen LogP contribution in [0.3, 0.4) is 0 Å². The molecule has 0 bridgehead atoms. The number of allylic oxidation sites excluding steroid dienone is 2. The van der Waals surface area contributed by atoms with E-state index in [9.17, 15) is 4.79 Å². The van der Waals surface area contributed by atoms with Gasteiger partial charge in [-0.05, 0) is 47.7 Å². The molecule has 3 aromatic rings. The van der Waals surface area contributed by atoms with Gasteiger partial charge in [-0.15, -0.1) is 0 Å². The van der Waals surface area contributed by atoms with E-state index in [4.69, 9.17) is 18.9 Å². The van der Waals surface area contributed by atoms with E-state index < -0.39 is 0 Å². The van der Waals surface area contributed by atoms with Gasteiger partial charge in [-0.2, -0.15) is 0 Å². The van der Waals surface area contributed by atoms with E-state index in [1.54, 1.807) is 21.3 Å². The molecule has 180 valence electrons. The maximum absolute atomic E-state index is 13.2. The number of Topliss-reactive ketones (excluding diaryl/α,β-unsaturated/α-hetero) is 1. The van der Waals surface area contributed by atoms with Gasteiger partial charge in [0.25, 0.3) is 0 Å². The molecule has 0 saturated heterocycles. The molecule has 1 N–H and O–H groups in total. The Bertz CT molecular complexity index is 1280. The molecule has 0 amide bonds. The first kappa shape index (κ1) is 22.8. The molecule has 6 nitrogen and oxygen atoms in total. The predicted octanol–water partition coefficient (Wildman–Crippen LogP) is 5.86. The topological polar surface area (TPSA) is 66.0 Å². The van der Waals surface area contributed by atoms with E-state index in [0.29, 0.717) is 36.0 Å². The third kappa shape index (κ3) is 4.32. The second-order valence-corrected chi connectivity index (χ2v) is 8.71. The fourth-order valence-electron chi connectivity index (χ4n) is 4.96. The number of hydrogen-bond acceptors (Lipinski definition) is 6. The number of ether oxygens (including phenoxy) is 4. The van der Waals surface area contributed by atoms with Gasteiger partial charge in [0.2, 0.25) is 0 Å². The molecule has 0 saturated carbocycles. The number of rotatable bonds is 7. The second kappa shape index (κ2) is 9.74. The summed E-state index contributed by atoms with van der Waals surface area (Å²) in [6.45, 7) is 0.418. The standard InChI is InChI=1S/C29H29NO5/c1-32-24-13-12-19(14-27(24)35-17-18-8-5-4-6-9-18)28-20-15-25(33-2)26(34-3)16-22(20)30-21-10-7-11-23(31)29(21)28/h4-6,8-9,12-16,28,30H,7,10-11,17H2,1-3H3. The lowest BCUT2D eigenvalue weighted by atomic mass is 9.75. The van der Waals surface area contributed by atoms with Gasteiger partial charge >= 0.3 is 0 Å². The van der Waals surface area contributed by atoms with Crippen LogP contribution in [0.15, 0.2) is 71.9 Å². The van der Waals surface area contributed by atoms with Crippen molar-refractivity contribution >= 4 is 11.5 Å². The molecule has 2 aliphatic rings. The molecule has 1 atom stereocenters. The zero-order chi connectivity index (χ0) is 24.4. The van der Waals surface area contributed by atoms with Crippen molar-refractivity contribution in [3.05, 3.63) is 88.6 Å². The molecular weight excluding hydrogens is 442 g/mol. The molecular formula is C29H29NO5. The van der Waals surface area contributed by atoms with Crippen molar-refractivity contribution < 1.29 is 23.7 Å². The fraction of sp³-hybridized carbons (Fsp3) is 0.276. The van der Waals surface area contributed by atoms with Crippen LogP contribution >= 0.6 is 0 Å². The smallest absolute Gasteiger partial charge is 0.162 e. The largest absolute Gasteiger partial charge is 0.493 e. The average Bonchev–Trinajstić information content (AvgIpc) is 2.90. The summed E-state index contributed by atoms with van der Waals surface area (Å²) in [5, 5.41) is 3.51. The van der Waals surface area contributed by atoms with Crippen LogP contribution in [0, 0.1) is 0 Å². The molecule has 1 unspecified atom stereocenters. The summed E-state index contributed by atoms with van der Waals surface area (Å²) in [7, 11) is 4.88. The number of benzene rings is 3. The van der Waals surface area contributed by atoms with Crippen molar-refractivity contribution in [1.82, 2.24) is 0 Å². The van der Waals surface area contributed by atoms with Crippen LogP contribution < -0.4 is 24.3 Å². The van der Waals surface area contributed by atoms with Crippen LogP contribution in [0.5, 0.6) is 23.0 Å². The number of nitrogens with one attached hydrogen (secondary N) is 1. The second-order valence-electron chi connectivity index (χ2n) is 8.71. The van der Waals surface area contributed by atoms with Gasteiger partial charge in [-0.3, -0.25) is 4.79 Å². The van der Waals surface area contributed by atoms with Crippen molar-refractivity contribution in [2.24, 2.45) is 0 Å². The third-order valence-electron chi connectivity index (χ3n) is 6.66. The highest BCUT2D eigenvalue weighted by molar-refractivity contribution is 6.01. The van der Waals surface area contributed by atoms with Gasteiger partial charge in [-0.1, -0.05) is 36.4 Å². The fourth-order valence-corrected chi connectivity index (χ4v) is 4.96. The lowest BCUT2D eigenvalue weighted by Gasteiger charge is -2.34. The zero-order valence-electron chi connectivity index (χ0n) is 20.2. The number of hydrogen-bond donors (Lipinski definition) is 1.